The van der Waals surface area contributed by atoms with Crippen molar-refractivity contribution in [3.8, 4) is 5.75 Å². The Morgan fingerprint density at radius 2 is 1.95 bits per heavy atom. The fraction of sp³-hybridized carbons (Fsp3) is 0.667. The molecule has 0 saturated heterocycles. The maximum Gasteiger partial charge on any atom is 0.153 e. The third-order valence-corrected chi connectivity index (χ3v) is 4.62. The molecule has 0 saturated carbocycles. The first-order valence-corrected chi connectivity index (χ1v) is 9.00. The van der Waals surface area contributed by atoms with Crippen molar-refractivity contribution >= 4 is 9.84 Å². The second kappa shape index (κ2) is 7.22. The zero-order valence-corrected chi connectivity index (χ0v) is 14.4. The topological polar surface area (TPSA) is 68.3 Å². The van der Waals surface area contributed by atoms with Gasteiger partial charge in [0.25, 0.3) is 0 Å². The number of ether oxygens (including phenoxy) is 1. The highest BCUT2D eigenvalue weighted by Crippen LogP contribution is 2.18. The molecule has 1 rings (SSSR count). The van der Waals surface area contributed by atoms with Crippen LogP contribution in [0.25, 0.3) is 0 Å². The maximum absolute atomic E-state index is 11.5. The number of nitrogens with zero attached hydrogens (tertiary/aromatic N) is 1. The first-order valence-electron chi connectivity index (χ1n) is 7.18. The van der Waals surface area contributed by atoms with Crippen molar-refractivity contribution < 1.29 is 13.2 Å². The smallest absolute Gasteiger partial charge is 0.153 e. The van der Waals surface area contributed by atoms with Gasteiger partial charge in [-0.1, -0.05) is 6.92 Å². The molecule has 1 aromatic heterocycles. The molecule has 5 nitrogen and oxygen atoms in total. The van der Waals surface area contributed by atoms with Crippen LogP contribution < -0.4 is 10.1 Å². The summed E-state index contributed by atoms with van der Waals surface area (Å²) in [6.07, 6.45) is 0. The minimum Gasteiger partial charge on any atom is -0.491 e. The van der Waals surface area contributed by atoms with E-state index in [4.69, 9.17) is 4.74 Å². The number of pyridine rings is 1. The van der Waals surface area contributed by atoms with Gasteiger partial charge in [0, 0.05) is 23.5 Å². The van der Waals surface area contributed by atoms with Crippen molar-refractivity contribution in [2.24, 2.45) is 0 Å². The second-order valence-corrected chi connectivity index (χ2v) is 8.56. The predicted molar refractivity (Wildman–Crippen MR) is 85.4 cm³/mol. The van der Waals surface area contributed by atoms with E-state index >= 15 is 0 Å². The summed E-state index contributed by atoms with van der Waals surface area (Å²) in [5.74, 6) is 0.813. The van der Waals surface area contributed by atoms with Crippen LogP contribution in [-0.4, -0.2) is 37.1 Å². The number of hydrogen-bond acceptors (Lipinski definition) is 5. The number of aromatic nitrogens is 1. The molecule has 1 aromatic rings. The molecule has 120 valence electrons. The fourth-order valence-electron chi connectivity index (χ4n) is 1.63. The van der Waals surface area contributed by atoms with E-state index in [1.165, 1.54) is 0 Å². The Labute approximate surface area is 128 Å². The molecule has 1 heterocycles. The Balaban J connectivity index is 2.73. The lowest BCUT2D eigenvalue weighted by atomic mass is 10.1. The van der Waals surface area contributed by atoms with Gasteiger partial charge < -0.3 is 10.1 Å². The summed E-state index contributed by atoms with van der Waals surface area (Å²) in [4.78, 5) is 4.47. The molecule has 0 amide bonds. The summed E-state index contributed by atoms with van der Waals surface area (Å²) < 4.78 is 28.6. The van der Waals surface area contributed by atoms with Crippen molar-refractivity contribution in [1.29, 1.82) is 0 Å². The lowest BCUT2D eigenvalue weighted by molar-refractivity contribution is 0.330. The molecule has 0 spiro atoms. The van der Waals surface area contributed by atoms with Gasteiger partial charge in [-0.15, -0.1) is 0 Å². The molecular formula is C15H26N2O3S. The molecule has 0 fully saturated rings. The molecule has 6 heteroatoms. The SMILES string of the molecule is CCS(=O)(=O)CCOc1ccc(C)nc1CNC(C)(C)C. The molecule has 0 atom stereocenters. The van der Waals surface area contributed by atoms with Gasteiger partial charge in [-0.25, -0.2) is 8.42 Å². The van der Waals surface area contributed by atoms with Crippen LogP contribution >= 0.6 is 0 Å². The number of rotatable bonds is 7. The highest BCUT2D eigenvalue weighted by Gasteiger charge is 2.13. The van der Waals surface area contributed by atoms with Gasteiger partial charge in [0.2, 0.25) is 0 Å². The summed E-state index contributed by atoms with van der Waals surface area (Å²) in [5.41, 5.74) is 1.70. The summed E-state index contributed by atoms with van der Waals surface area (Å²) in [6.45, 7) is 10.5. The highest BCUT2D eigenvalue weighted by molar-refractivity contribution is 7.91. The first-order chi connectivity index (χ1) is 9.63. The number of hydrogen-bond donors (Lipinski definition) is 1. The fourth-order valence-corrected chi connectivity index (χ4v) is 2.25. The Morgan fingerprint density at radius 3 is 2.52 bits per heavy atom. The zero-order chi connectivity index (χ0) is 16.1. The van der Waals surface area contributed by atoms with E-state index < -0.39 is 9.84 Å². The van der Waals surface area contributed by atoms with Gasteiger partial charge >= 0.3 is 0 Å². The lowest BCUT2D eigenvalue weighted by Gasteiger charge is -2.21. The molecule has 0 aliphatic heterocycles. The van der Waals surface area contributed by atoms with Crippen LogP contribution in [0.2, 0.25) is 0 Å². The molecule has 0 aliphatic carbocycles. The number of aryl methyl sites for hydroxylation is 1. The van der Waals surface area contributed by atoms with Crippen LogP contribution in [0.3, 0.4) is 0 Å². The van der Waals surface area contributed by atoms with Crippen LogP contribution in [0.15, 0.2) is 12.1 Å². The van der Waals surface area contributed by atoms with Crippen LogP contribution in [0.4, 0.5) is 0 Å². The summed E-state index contributed by atoms with van der Waals surface area (Å²) in [6, 6.07) is 3.71. The van der Waals surface area contributed by atoms with E-state index in [1.807, 2.05) is 19.1 Å². The van der Waals surface area contributed by atoms with Crippen molar-refractivity contribution in [2.45, 2.75) is 46.7 Å². The summed E-state index contributed by atoms with van der Waals surface area (Å²) >= 11 is 0. The third-order valence-electron chi connectivity index (χ3n) is 2.95. The van der Waals surface area contributed by atoms with Gasteiger partial charge in [0.05, 0.1) is 11.4 Å². The third kappa shape index (κ3) is 6.91. The average Bonchev–Trinajstić information content (AvgIpc) is 2.37. The van der Waals surface area contributed by atoms with E-state index in [9.17, 15) is 8.42 Å². The van der Waals surface area contributed by atoms with Gasteiger partial charge in [0.1, 0.15) is 12.4 Å². The molecule has 0 aromatic carbocycles. The standard InChI is InChI=1S/C15H26N2O3S/c1-6-21(18,19)10-9-20-14-8-7-12(2)17-13(14)11-16-15(3,4)5/h7-8,16H,6,9-11H2,1-5H3. The van der Waals surface area contributed by atoms with Crippen molar-refractivity contribution in [3.05, 3.63) is 23.5 Å². The summed E-state index contributed by atoms with van der Waals surface area (Å²) in [7, 11) is -3.01. The van der Waals surface area contributed by atoms with Crippen LogP contribution in [-0.2, 0) is 16.4 Å². The van der Waals surface area contributed by atoms with Crippen molar-refractivity contribution in [2.75, 3.05) is 18.1 Å². The normalized spacial score (nSPS) is 12.4. The Morgan fingerprint density at radius 1 is 1.29 bits per heavy atom. The Hall–Kier alpha value is -1.14. The molecule has 0 bridgehead atoms. The first kappa shape index (κ1) is 17.9. The quantitative estimate of drug-likeness (QED) is 0.834. The van der Waals surface area contributed by atoms with E-state index in [-0.39, 0.29) is 23.7 Å². The van der Waals surface area contributed by atoms with E-state index in [1.54, 1.807) is 6.92 Å². The summed E-state index contributed by atoms with van der Waals surface area (Å²) in [5, 5.41) is 3.36. The van der Waals surface area contributed by atoms with Gasteiger partial charge in [0.15, 0.2) is 9.84 Å². The minimum absolute atomic E-state index is 0.0196. The average molecular weight is 314 g/mol. The van der Waals surface area contributed by atoms with E-state index in [0.29, 0.717) is 12.3 Å². The van der Waals surface area contributed by atoms with Crippen molar-refractivity contribution in [1.82, 2.24) is 10.3 Å². The number of sulfone groups is 1. The largest absolute Gasteiger partial charge is 0.491 e. The number of nitrogens with one attached hydrogen (secondary N) is 1. The molecule has 0 unspecified atom stereocenters. The van der Waals surface area contributed by atoms with Crippen LogP contribution in [0, 0.1) is 6.92 Å². The Kier molecular flexibility index (Phi) is 6.16. The maximum atomic E-state index is 11.5. The molecule has 0 radical (unpaired) electrons. The monoisotopic (exact) mass is 314 g/mol. The van der Waals surface area contributed by atoms with E-state index in [2.05, 4.69) is 31.1 Å². The lowest BCUT2D eigenvalue weighted by Crippen LogP contribution is -2.35. The second-order valence-electron chi connectivity index (χ2n) is 6.09. The van der Waals surface area contributed by atoms with Gasteiger partial charge in [-0.05, 0) is 39.8 Å². The van der Waals surface area contributed by atoms with Gasteiger partial charge in [-0.3, -0.25) is 4.98 Å². The predicted octanol–water partition coefficient (Wildman–Crippen LogP) is 2.09. The van der Waals surface area contributed by atoms with E-state index in [0.717, 1.165) is 11.4 Å². The highest BCUT2D eigenvalue weighted by atomic mass is 32.2. The Bertz CT molecular complexity index is 563. The molecule has 0 aliphatic rings. The van der Waals surface area contributed by atoms with Crippen LogP contribution in [0.1, 0.15) is 39.1 Å². The van der Waals surface area contributed by atoms with Crippen molar-refractivity contribution in [3.63, 3.8) is 0 Å². The molecule has 1 N–H and O–H groups in total. The molecular weight excluding hydrogens is 288 g/mol. The minimum atomic E-state index is -3.01. The molecule has 21 heavy (non-hydrogen) atoms. The van der Waals surface area contributed by atoms with Gasteiger partial charge in [-0.2, -0.15) is 0 Å². The van der Waals surface area contributed by atoms with Crippen LogP contribution in [0.5, 0.6) is 5.75 Å². The zero-order valence-electron chi connectivity index (χ0n) is 13.6.